The number of ketones is 1. The van der Waals surface area contributed by atoms with Crippen molar-refractivity contribution in [2.75, 3.05) is 18.1 Å². The molecule has 1 aromatic heterocycles. The number of rotatable bonds is 1. The zero-order chi connectivity index (χ0) is 12.9. The molecule has 1 aromatic rings. The van der Waals surface area contributed by atoms with Crippen LogP contribution in [0.2, 0.25) is 0 Å². The van der Waals surface area contributed by atoms with Crippen LogP contribution in [0, 0.1) is 5.92 Å². The minimum atomic E-state index is -1.12. The minimum absolute atomic E-state index is 0.00259. The molecule has 3 rings (SSSR count). The smallest absolute Gasteiger partial charge is 0.316 e. The van der Waals surface area contributed by atoms with E-state index in [0.29, 0.717) is 18.2 Å². The molecule has 0 spiro atoms. The summed E-state index contributed by atoms with van der Waals surface area (Å²) in [4.78, 5) is 32.9. The Morgan fingerprint density at radius 1 is 1.56 bits per heavy atom. The molecule has 0 aliphatic carbocycles. The van der Waals surface area contributed by atoms with E-state index in [9.17, 15) is 9.59 Å². The number of ether oxygens (including phenoxy) is 1. The van der Waals surface area contributed by atoms with Gasteiger partial charge in [0.2, 0.25) is 5.88 Å². The summed E-state index contributed by atoms with van der Waals surface area (Å²) in [5, 5.41) is 9.10. The zero-order valence-corrected chi connectivity index (χ0v) is 9.66. The molecule has 7 nitrogen and oxygen atoms in total. The molecule has 2 aliphatic rings. The van der Waals surface area contributed by atoms with Gasteiger partial charge in [-0.25, -0.2) is 4.98 Å². The van der Waals surface area contributed by atoms with Crippen LogP contribution >= 0.6 is 0 Å². The second-order valence-electron chi connectivity index (χ2n) is 4.44. The first-order valence-electron chi connectivity index (χ1n) is 5.61. The molecule has 7 heteroatoms. The summed E-state index contributed by atoms with van der Waals surface area (Å²) >= 11 is 0. The summed E-state index contributed by atoms with van der Waals surface area (Å²) in [5.41, 5.74) is 0.670. The predicted molar refractivity (Wildman–Crippen MR) is 59.8 cm³/mol. The highest BCUT2D eigenvalue weighted by molar-refractivity contribution is 6.12. The fourth-order valence-electron chi connectivity index (χ4n) is 2.32. The van der Waals surface area contributed by atoms with Gasteiger partial charge in [0.1, 0.15) is 30.2 Å². The van der Waals surface area contributed by atoms with E-state index in [-0.39, 0.29) is 18.3 Å². The van der Waals surface area contributed by atoms with Crippen LogP contribution in [0.4, 0.5) is 5.69 Å². The Bertz CT molecular complexity index is 545. The van der Waals surface area contributed by atoms with E-state index in [1.165, 1.54) is 6.33 Å². The summed E-state index contributed by atoms with van der Waals surface area (Å²) in [7, 11) is 0. The van der Waals surface area contributed by atoms with Crippen molar-refractivity contribution in [2.24, 2.45) is 5.92 Å². The third kappa shape index (κ3) is 1.36. The van der Waals surface area contributed by atoms with Gasteiger partial charge in [-0.2, -0.15) is 4.98 Å². The second-order valence-corrected chi connectivity index (χ2v) is 4.44. The van der Waals surface area contributed by atoms with Gasteiger partial charge in [-0.15, -0.1) is 0 Å². The predicted octanol–water partition coefficient (Wildman–Crippen LogP) is -0.0390. The van der Waals surface area contributed by atoms with Crippen LogP contribution in [-0.4, -0.2) is 46.0 Å². The average Bonchev–Trinajstić information content (AvgIpc) is 2.35. The Labute approximate surface area is 102 Å². The van der Waals surface area contributed by atoms with Crippen LogP contribution in [0.1, 0.15) is 17.4 Å². The monoisotopic (exact) mass is 249 g/mol. The summed E-state index contributed by atoms with van der Waals surface area (Å²) in [6, 6.07) is -0.00259. The molecule has 2 atom stereocenters. The van der Waals surface area contributed by atoms with Gasteiger partial charge in [-0.3, -0.25) is 9.59 Å². The van der Waals surface area contributed by atoms with Crippen LogP contribution in [0.25, 0.3) is 0 Å². The largest absolute Gasteiger partial charge is 0.481 e. The van der Waals surface area contributed by atoms with Crippen molar-refractivity contribution in [1.29, 1.82) is 0 Å². The number of carbonyl (C=O) groups is 2. The Balaban J connectivity index is 2.17. The molecule has 0 aromatic carbocycles. The van der Waals surface area contributed by atoms with Crippen molar-refractivity contribution in [3.8, 4) is 5.88 Å². The van der Waals surface area contributed by atoms with E-state index in [0.717, 1.165) is 0 Å². The van der Waals surface area contributed by atoms with Crippen molar-refractivity contribution >= 4 is 17.4 Å². The van der Waals surface area contributed by atoms with Crippen molar-refractivity contribution in [2.45, 2.75) is 13.0 Å². The zero-order valence-electron chi connectivity index (χ0n) is 9.66. The normalized spacial score (nSPS) is 25.4. The molecular formula is C11H11N3O4. The third-order valence-electron chi connectivity index (χ3n) is 3.30. The van der Waals surface area contributed by atoms with E-state index >= 15 is 0 Å². The number of hydrogen-bond donors (Lipinski definition) is 1. The molecule has 0 bridgehead atoms. The highest BCUT2D eigenvalue weighted by Crippen LogP contribution is 2.38. The Kier molecular flexibility index (Phi) is 2.22. The number of carboxylic acid groups (broad SMARTS) is 1. The van der Waals surface area contributed by atoms with Crippen molar-refractivity contribution < 1.29 is 19.4 Å². The lowest BCUT2D eigenvalue weighted by atomic mass is 9.93. The first-order valence-corrected chi connectivity index (χ1v) is 5.61. The van der Waals surface area contributed by atoms with Gasteiger partial charge < -0.3 is 14.7 Å². The van der Waals surface area contributed by atoms with Gasteiger partial charge in [0.15, 0.2) is 5.78 Å². The van der Waals surface area contributed by atoms with E-state index in [2.05, 4.69) is 9.97 Å². The molecule has 0 radical (unpaired) electrons. The number of carboxylic acids is 1. The lowest BCUT2D eigenvalue weighted by Gasteiger charge is -2.40. The van der Waals surface area contributed by atoms with E-state index in [1.54, 1.807) is 0 Å². The summed E-state index contributed by atoms with van der Waals surface area (Å²) in [6.45, 7) is 2.48. The molecule has 94 valence electrons. The SMILES string of the molecule is CC1COc2ncnc3c2N1CC(C(=O)O)C3=O. The number of anilines is 1. The first kappa shape index (κ1) is 10.9. The number of aliphatic carboxylic acids is 1. The standard InChI is InChI=1S/C11H11N3O4/c1-5-3-18-10-8-7(12-4-13-10)9(15)6(11(16)17)2-14(5)8/h4-6H,2-3H2,1H3,(H,16,17). The first-order chi connectivity index (χ1) is 8.59. The molecule has 0 fully saturated rings. The van der Waals surface area contributed by atoms with Gasteiger partial charge in [-0.05, 0) is 6.92 Å². The molecule has 0 saturated carbocycles. The van der Waals surface area contributed by atoms with E-state index in [4.69, 9.17) is 9.84 Å². The highest BCUT2D eigenvalue weighted by Gasteiger charge is 2.43. The lowest BCUT2D eigenvalue weighted by Crippen LogP contribution is -2.51. The van der Waals surface area contributed by atoms with Gasteiger partial charge in [0.25, 0.3) is 0 Å². The van der Waals surface area contributed by atoms with Gasteiger partial charge in [0.05, 0.1) is 6.04 Å². The quantitative estimate of drug-likeness (QED) is 0.698. The van der Waals surface area contributed by atoms with Crippen LogP contribution in [0.5, 0.6) is 5.88 Å². The van der Waals surface area contributed by atoms with Crippen molar-refractivity contribution in [1.82, 2.24) is 9.97 Å². The molecular weight excluding hydrogens is 238 g/mol. The van der Waals surface area contributed by atoms with Crippen LogP contribution < -0.4 is 9.64 Å². The molecule has 18 heavy (non-hydrogen) atoms. The Morgan fingerprint density at radius 2 is 2.33 bits per heavy atom. The summed E-state index contributed by atoms with van der Waals surface area (Å²) in [6.07, 6.45) is 1.23. The van der Waals surface area contributed by atoms with Crippen LogP contribution in [0.15, 0.2) is 6.33 Å². The maximum atomic E-state index is 12.0. The average molecular weight is 249 g/mol. The Morgan fingerprint density at radius 3 is 3.06 bits per heavy atom. The summed E-state index contributed by atoms with van der Waals surface area (Å²) in [5.74, 6) is -2.31. The topological polar surface area (TPSA) is 92.6 Å². The maximum absolute atomic E-state index is 12.0. The highest BCUT2D eigenvalue weighted by atomic mass is 16.5. The molecule has 2 aliphatic heterocycles. The van der Waals surface area contributed by atoms with Gasteiger partial charge in [0, 0.05) is 6.54 Å². The summed E-state index contributed by atoms with van der Waals surface area (Å²) < 4.78 is 5.43. The molecule has 0 amide bonds. The lowest BCUT2D eigenvalue weighted by molar-refractivity contribution is -0.139. The van der Waals surface area contributed by atoms with Gasteiger partial charge in [-0.1, -0.05) is 0 Å². The van der Waals surface area contributed by atoms with E-state index < -0.39 is 17.7 Å². The van der Waals surface area contributed by atoms with Crippen LogP contribution in [0.3, 0.4) is 0 Å². The fraction of sp³-hybridized carbons (Fsp3) is 0.455. The number of carbonyl (C=O) groups excluding carboxylic acids is 1. The molecule has 1 N–H and O–H groups in total. The second kappa shape index (κ2) is 3.66. The number of hydrogen-bond acceptors (Lipinski definition) is 6. The number of Topliss-reactive ketones (excluding diaryl/α,β-unsaturated/α-hetero) is 1. The third-order valence-corrected chi connectivity index (χ3v) is 3.30. The van der Waals surface area contributed by atoms with Gasteiger partial charge >= 0.3 is 5.97 Å². The van der Waals surface area contributed by atoms with Crippen molar-refractivity contribution in [3.05, 3.63) is 12.0 Å². The molecule has 3 heterocycles. The van der Waals surface area contributed by atoms with E-state index in [1.807, 2.05) is 11.8 Å². The maximum Gasteiger partial charge on any atom is 0.316 e. The van der Waals surface area contributed by atoms with Crippen molar-refractivity contribution in [3.63, 3.8) is 0 Å². The molecule has 0 saturated heterocycles. The molecule has 2 unspecified atom stereocenters. The number of nitrogens with zero attached hydrogens (tertiary/aromatic N) is 3. The minimum Gasteiger partial charge on any atom is -0.481 e. The van der Waals surface area contributed by atoms with Crippen LogP contribution in [-0.2, 0) is 4.79 Å². The Hall–Kier alpha value is -2.18. The fourth-order valence-corrected chi connectivity index (χ4v) is 2.32. The number of aromatic nitrogens is 2.